The molecule has 2 aliphatic heterocycles. The molecule has 15 heavy (non-hydrogen) atoms. The Kier molecular flexibility index (Phi) is 4.29. The fourth-order valence-corrected chi connectivity index (χ4v) is 3.04. The SMILES string of the molecule is O=C(CC1CNCCO1)NC1CCSC1. The molecule has 0 bridgehead atoms. The standard InChI is InChI=1S/C10H18N2O2S/c13-10(12-8-1-4-15-7-8)5-9-6-11-2-3-14-9/h8-9,11H,1-7H2,(H,12,13). The third-order valence-corrected chi connectivity index (χ3v) is 3.87. The van der Waals surface area contributed by atoms with Gasteiger partial charge in [0.05, 0.1) is 19.1 Å². The minimum absolute atomic E-state index is 0.0628. The lowest BCUT2D eigenvalue weighted by atomic mass is 10.2. The van der Waals surface area contributed by atoms with Gasteiger partial charge in [0.25, 0.3) is 0 Å². The monoisotopic (exact) mass is 230 g/mol. The number of hydrogen-bond acceptors (Lipinski definition) is 4. The third-order valence-electron chi connectivity index (χ3n) is 2.71. The molecule has 2 fully saturated rings. The van der Waals surface area contributed by atoms with E-state index in [1.54, 1.807) is 0 Å². The van der Waals surface area contributed by atoms with Gasteiger partial charge in [-0.3, -0.25) is 4.79 Å². The summed E-state index contributed by atoms with van der Waals surface area (Å²) in [5.41, 5.74) is 0. The van der Waals surface area contributed by atoms with E-state index in [2.05, 4.69) is 10.6 Å². The van der Waals surface area contributed by atoms with Crippen LogP contribution in [0.5, 0.6) is 0 Å². The van der Waals surface area contributed by atoms with Crippen LogP contribution in [0.2, 0.25) is 0 Å². The van der Waals surface area contributed by atoms with Crippen molar-refractivity contribution in [2.45, 2.75) is 25.0 Å². The second-order valence-electron chi connectivity index (χ2n) is 4.03. The lowest BCUT2D eigenvalue weighted by molar-refractivity contribution is -0.125. The molecule has 0 aromatic heterocycles. The molecule has 0 saturated carbocycles. The summed E-state index contributed by atoms with van der Waals surface area (Å²) in [6, 6.07) is 0.388. The number of amides is 1. The van der Waals surface area contributed by atoms with Gasteiger partial charge < -0.3 is 15.4 Å². The number of nitrogens with one attached hydrogen (secondary N) is 2. The Balaban J connectivity index is 1.66. The largest absolute Gasteiger partial charge is 0.375 e. The first-order valence-corrected chi connectivity index (χ1v) is 6.69. The van der Waals surface area contributed by atoms with Crippen molar-refractivity contribution in [3.05, 3.63) is 0 Å². The normalized spacial score (nSPS) is 31.5. The molecule has 4 nitrogen and oxygen atoms in total. The van der Waals surface area contributed by atoms with Gasteiger partial charge in [-0.25, -0.2) is 0 Å². The van der Waals surface area contributed by atoms with Crippen LogP contribution < -0.4 is 10.6 Å². The maximum absolute atomic E-state index is 11.6. The highest BCUT2D eigenvalue weighted by molar-refractivity contribution is 7.99. The summed E-state index contributed by atoms with van der Waals surface area (Å²) in [4.78, 5) is 11.6. The Bertz CT molecular complexity index is 213. The van der Waals surface area contributed by atoms with Crippen LogP contribution in [0, 0.1) is 0 Å². The molecule has 0 spiro atoms. The van der Waals surface area contributed by atoms with Gasteiger partial charge in [-0.1, -0.05) is 0 Å². The molecular weight excluding hydrogens is 212 g/mol. The van der Waals surface area contributed by atoms with E-state index in [4.69, 9.17) is 4.74 Å². The minimum Gasteiger partial charge on any atom is -0.375 e. The average Bonchev–Trinajstić information content (AvgIpc) is 2.71. The molecule has 2 atom stereocenters. The van der Waals surface area contributed by atoms with Crippen LogP contribution in [-0.2, 0) is 9.53 Å². The Hall–Kier alpha value is -0.260. The molecule has 5 heteroatoms. The highest BCUT2D eigenvalue weighted by Gasteiger charge is 2.21. The molecule has 2 N–H and O–H groups in total. The molecule has 0 radical (unpaired) electrons. The highest BCUT2D eigenvalue weighted by atomic mass is 32.2. The Labute approximate surface area is 94.5 Å². The Morgan fingerprint density at radius 3 is 3.20 bits per heavy atom. The quantitative estimate of drug-likeness (QED) is 0.716. The number of hydrogen-bond donors (Lipinski definition) is 2. The Morgan fingerprint density at radius 2 is 2.53 bits per heavy atom. The summed E-state index contributed by atoms with van der Waals surface area (Å²) in [6.45, 7) is 2.42. The minimum atomic E-state index is 0.0628. The van der Waals surface area contributed by atoms with E-state index in [1.165, 1.54) is 5.75 Å². The summed E-state index contributed by atoms with van der Waals surface area (Å²) in [6.07, 6.45) is 1.67. The molecular formula is C10H18N2O2S. The van der Waals surface area contributed by atoms with E-state index in [0.29, 0.717) is 12.5 Å². The first-order chi connectivity index (χ1) is 7.34. The second kappa shape index (κ2) is 5.72. The van der Waals surface area contributed by atoms with Crippen LogP contribution >= 0.6 is 11.8 Å². The zero-order chi connectivity index (χ0) is 10.5. The second-order valence-corrected chi connectivity index (χ2v) is 5.18. The van der Waals surface area contributed by atoms with Gasteiger partial charge in [0, 0.05) is 24.9 Å². The molecule has 2 rings (SSSR count). The van der Waals surface area contributed by atoms with E-state index >= 15 is 0 Å². The summed E-state index contributed by atoms with van der Waals surface area (Å²) < 4.78 is 5.48. The van der Waals surface area contributed by atoms with Crippen LogP contribution in [0.15, 0.2) is 0 Å². The van der Waals surface area contributed by atoms with Gasteiger partial charge in [-0.2, -0.15) is 11.8 Å². The zero-order valence-electron chi connectivity index (χ0n) is 8.83. The fraction of sp³-hybridized carbons (Fsp3) is 0.900. The third kappa shape index (κ3) is 3.66. The zero-order valence-corrected chi connectivity index (χ0v) is 9.65. The van der Waals surface area contributed by atoms with Gasteiger partial charge >= 0.3 is 0 Å². The molecule has 0 aromatic carbocycles. The van der Waals surface area contributed by atoms with Gasteiger partial charge in [0.2, 0.25) is 5.91 Å². The first-order valence-electron chi connectivity index (χ1n) is 5.54. The number of thioether (sulfide) groups is 1. The number of carbonyl (C=O) groups is 1. The summed E-state index contributed by atoms with van der Waals surface area (Å²) >= 11 is 1.91. The molecule has 2 aliphatic rings. The van der Waals surface area contributed by atoms with Crippen molar-refractivity contribution < 1.29 is 9.53 Å². The summed E-state index contributed by atoms with van der Waals surface area (Å²) in [5.74, 6) is 2.37. The predicted molar refractivity (Wildman–Crippen MR) is 61.1 cm³/mol. The highest BCUT2D eigenvalue weighted by Crippen LogP contribution is 2.17. The van der Waals surface area contributed by atoms with Crippen LogP contribution in [0.1, 0.15) is 12.8 Å². The van der Waals surface area contributed by atoms with Crippen LogP contribution in [0.3, 0.4) is 0 Å². The Morgan fingerprint density at radius 1 is 1.60 bits per heavy atom. The van der Waals surface area contributed by atoms with Crippen LogP contribution in [0.25, 0.3) is 0 Å². The van der Waals surface area contributed by atoms with E-state index < -0.39 is 0 Å². The lowest BCUT2D eigenvalue weighted by Crippen LogP contribution is -2.43. The fourth-order valence-electron chi connectivity index (χ4n) is 1.89. The van der Waals surface area contributed by atoms with Gasteiger partial charge in [-0.05, 0) is 12.2 Å². The molecule has 2 saturated heterocycles. The molecule has 2 unspecified atom stereocenters. The maximum atomic E-state index is 11.6. The van der Waals surface area contributed by atoms with Crippen molar-refractivity contribution in [2.75, 3.05) is 31.2 Å². The summed E-state index contributed by atoms with van der Waals surface area (Å²) in [7, 11) is 0. The van der Waals surface area contributed by atoms with Crippen LogP contribution in [0.4, 0.5) is 0 Å². The van der Waals surface area contributed by atoms with Crippen molar-refractivity contribution in [3.63, 3.8) is 0 Å². The maximum Gasteiger partial charge on any atom is 0.222 e. The topological polar surface area (TPSA) is 50.4 Å². The first kappa shape index (κ1) is 11.2. The predicted octanol–water partition coefficient (Wildman–Crippen LogP) is -0.0134. The van der Waals surface area contributed by atoms with Gasteiger partial charge in [0.1, 0.15) is 0 Å². The molecule has 2 heterocycles. The van der Waals surface area contributed by atoms with Gasteiger partial charge in [-0.15, -0.1) is 0 Å². The van der Waals surface area contributed by atoms with E-state index in [0.717, 1.165) is 31.9 Å². The number of ether oxygens (including phenoxy) is 1. The molecule has 0 aliphatic carbocycles. The van der Waals surface area contributed by atoms with Crippen LogP contribution in [-0.4, -0.2) is 49.3 Å². The van der Waals surface area contributed by atoms with Crippen molar-refractivity contribution in [1.82, 2.24) is 10.6 Å². The van der Waals surface area contributed by atoms with Crippen molar-refractivity contribution in [2.24, 2.45) is 0 Å². The number of carbonyl (C=O) groups excluding carboxylic acids is 1. The molecule has 0 aromatic rings. The van der Waals surface area contributed by atoms with Gasteiger partial charge in [0.15, 0.2) is 0 Å². The summed E-state index contributed by atoms with van der Waals surface area (Å²) in [5, 5.41) is 6.28. The van der Waals surface area contributed by atoms with Crippen molar-refractivity contribution in [1.29, 1.82) is 0 Å². The lowest BCUT2D eigenvalue weighted by Gasteiger charge is -2.23. The number of rotatable bonds is 3. The van der Waals surface area contributed by atoms with Crippen molar-refractivity contribution >= 4 is 17.7 Å². The number of morpholine rings is 1. The van der Waals surface area contributed by atoms with E-state index in [-0.39, 0.29) is 12.0 Å². The van der Waals surface area contributed by atoms with E-state index in [1.807, 2.05) is 11.8 Å². The average molecular weight is 230 g/mol. The van der Waals surface area contributed by atoms with E-state index in [9.17, 15) is 4.79 Å². The molecule has 86 valence electrons. The van der Waals surface area contributed by atoms with Crippen molar-refractivity contribution in [3.8, 4) is 0 Å². The smallest absolute Gasteiger partial charge is 0.222 e. The molecule has 1 amide bonds.